The van der Waals surface area contributed by atoms with Crippen LogP contribution < -0.4 is 0 Å². The first-order chi connectivity index (χ1) is 36.2. The standard InChI is InChI=1S/C66H35N3O2S2/c1-6-16-50-45(14-1)62-54(29-25-43-40-12-4-9-19-59(40)72-65(43)62)67(50)36-21-27-52-49(35-36)61-53(69(52)37-22-31-57-47(33-37)39-11-3-8-18-56(39)70-57)28-24-42-48-34-38(23-32-58(48)71-64(42)61)68-51-17-7-2-15-46(51)63-55(68)30-26-44-41-13-5-10-20-60(41)73-66(44)63/h1-35H. The van der Waals surface area contributed by atoms with E-state index in [1.807, 2.05) is 34.8 Å². The quantitative estimate of drug-likeness (QED) is 0.177. The van der Waals surface area contributed by atoms with Gasteiger partial charge in [0.25, 0.3) is 0 Å². The summed E-state index contributed by atoms with van der Waals surface area (Å²) in [6, 6.07) is 77.8. The summed E-state index contributed by atoms with van der Waals surface area (Å²) >= 11 is 3.78. The molecule has 0 fully saturated rings. The molecule has 73 heavy (non-hydrogen) atoms. The number of benzene rings is 11. The molecule has 0 atom stereocenters. The van der Waals surface area contributed by atoms with E-state index in [1.54, 1.807) is 0 Å². The Morgan fingerprint density at radius 2 is 0.671 bits per heavy atom. The normalized spacial score (nSPS) is 12.7. The van der Waals surface area contributed by atoms with Crippen molar-refractivity contribution >= 4 is 172 Å². The zero-order chi connectivity index (χ0) is 47.2. The molecule has 0 aliphatic heterocycles. The Balaban J connectivity index is 0.911. The maximum atomic E-state index is 7.18. The van der Waals surface area contributed by atoms with Gasteiger partial charge in [0.15, 0.2) is 0 Å². The van der Waals surface area contributed by atoms with Gasteiger partial charge in [-0.15, -0.1) is 22.7 Å². The third-order valence-electron chi connectivity index (χ3n) is 15.8. The summed E-state index contributed by atoms with van der Waals surface area (Å²) in [5.74, 6) is 0. The lowest BCUT2D eigenvalue weighted by Crippen LogP contribution is -1.95. The van der Waals surface area contributed by atoms with Crippen molar-refractivity contribution in [1.82, 2.24) is 13.7 Å². The molecule has 0 N–H and O–H groups in total. The average molecular weight is 966 g/mol. The van der Waals surface area contributed by atoms with Crippen molar-refractivity contribution in [2.75, 3.05) is 0 Å². The molecule has 0 spiro atoms. The molecule has 7 heteroatoms. The molecular weight excluding hydrogens is 931 g/mol. The Hall–Kier alpha value is -9.14. The van der Waals surface area contributed by atoms with Crippen LogP contribution in [0.3, 0.4) is 0 Å². The first-order valence-corrected chi connectivity index (χ1v) is 26.4. The summed E-state index contributed by atoms with van der Waals surface area (Å²) in [6.45, 7) is 0. The Morgan fingerprint density at radius 1 is 0.260 bits per heavy atom. The topological polar surface area (TPSA) is 41.1 Å². The van der Waals surface area contributed by atoms with Gasteiger partial charge in [-0.05, 0) is 109 Å². The highest BCUT2D eigenvalue weighted by molar-refractivity contribution is 7.27. The fourth-order valence-electron chi connectivity index (χ4n) is 12.7. The minimum absolute atomic E-state index is 0.858. The van der Waals surface area contributed by atoms with E-state index in [2.05, 4.69) is 214 Å². The number of furan rings is 2. The van der Waals surface area contributed by atoms with Crippen LogP contribution in [-0.4, -0.2) is 13.7 Å². The molecule has 0 saturated carbocycles. The molecule has 7 aromatic heterocycles. The summed E-state index contributed by atoms with van der Waals surface area (Å²) in [7, 11) is 0. The van der Waals surface area contributed by atoms with Crippen LogP contribution in [0.2, 0.25) is 0 Å². The van der Waals surface area contributed by atoms with E-state index in [0.717, 1.165) is 82.7 Å². The van der Waals surface area contributed by atoms with Gasteiger partial charge < -0.3 is 22.5 Å². The van der Waals surface area contributed by atoms with Crippen LogP contribution in [0.5, 0.6) is 0 Å². The number of para-hydroxylation sites is 3. The first-order valence-electron chi connectivity index (χ1n) is 24.7. The molecule has 0 amide bonds. The van der Waals surface area contributed by atoms with Crippen molar-refractivity contribution in [3.05, 3.63) is 212 Å². The van der Waals surface area contributed by atoms with Crippen molar-refractivity contribution in [2.24, 2.45) is 0 Å². The molecule has 338 valence electrons. The lowest BCUT2D eigenvalue weighted by atomic mass is 10.1. The van der Waals surface area contributed by atoms with Crippen LogP contribution in [-0.2, 0) is 0 Å². The van der Waals surface area contributed by atoms with Gasteiger partial charge in [0.05, 0.1) is 38.5 Å². The first kappa shape index (κ1) is 38.6. The van der Waals surface area contributed by atoms with Crippen molar-refractivity contribution in [3.8, 4) is 17.1 Å². The predicted octanol–water partition coefficient (Wildman–Crippen LogP) is 19.5. The number of aromatic nitrogens is 3. The monoisotopic (exact) mass is 965 g/mol. The van der Waals surface area contributed by atoms with Crippen LogP contribution in [0.15, 0.2) is 221 Å². The van der Waals surface area contributed by atoms with Crippen molar-refractivity contribution in [2.45, 2.75) is 0 Å². The second-order valence-electron chi connectivity index (χ2n) is 19.5. The maximum Gasteiger partial charge on any atom is 0.145 e. The number of nitrogens with zero attached hydrogens (tertiary/aromatic N) is 3. The second-order valence-corrected chi connectivity index (χ2v) is 21.6. The summed E-state index contributed by atoms with van der Waals surface area (Å²) in [6.07, 6.45) is 0. The largest absolute Gasteiger partial charge is 0.456 e. The van der Waals surface area contributed by atoms with Gasteiger partial charge in [0, 0.05) is 106 Å². The number of thiophene rings is 2. The number of hydrogen-bond acceptors (Lipinski definition) is 4. The van der Waals surface area contributed by atoms with Gasteiger partial charge in [-0.2, -0.15) is 0 Å². The summed E-state index contributed by atoms with van der Waals surface area (Å²) in [4.78, 5) is 0. The fourth-order valence-corrected chi connectivity index (χ4v) is 15.3. The molecule has 0 aliphatic carbocycles. The lowest BCUT2D eigenvalue weighted by Gasteiger charge is -2.10. The van der Waals surface area contributed by atoms with Gasteiger partial charge >= 0.3 is 0 Å². The molecule has 0 bridgehead atoms. The maximum absolute atomic E-state index is 7.18. The highest BCUT2D eigenvalue weighted by atomic mass is 32.1. The van der Waals surface area contributed by atoms with Crippen molar-refractivity contribution in [1.29, 1.82) is 0 Å². The molecule has 0 aliphatic rings. The molecule has 5 nitrogen and oxygen atoms in total. The smallest absolute Gasteiger partial charge is 0.145 e. The Labute approximate surface area is 421 Å². The Kier molecular flexibility index (Phi) is 7.31. The van der Waals surface area contributed by atoms with Gasteiger partial charge in [-0.1, -0.05) is 103 Å². The Bertz CT molecular complexity index is 5480. The number of fused-ring (bicyclic) bond motifs is 24. The minimum atomic E-state index is 0.858. The predicted molar refractivity (Wildman–Crippen MR) is 310 cm³/mol. The van der Waals surface area contributed by atoms with Crippen molar-refractivity contribution < 1.29 is 8.83 Å². The average Bonchev–Trinajstić information content (AvgIpc) is 4.32. The van der Waals surface area contributed by atoms with Gasteiger partial charge in [-0.3, -0.25) is 0 Å². The Morgan fingerprint density at radius 3 is 1.27 bits per heavy atom. The molecule has 11 aromatic carbocycles. The van der Waals surface area contributed by atoms with Crippen LogP contribution in [0, 0.1) is 0 Å². The van der Waals surface area contributed by atoms with Crippen LogP contribution in [0.4, 0.5) is 0 Å². The summed E-state index contributed by atoms with van der Waals surface area (Å²) < 4.78 is 26.1. The summed E-state index contributed by atoms with van der Waals surface area (Å²) in [5.41, 5.74) is 13.7. The zero-order valence-corrected chi connectivity index (χ0v) is 40.3. The minimum Gasteiger partial charge on any atom is -0.456 e. The van der Waals surface area contributed by atoms with E-state index in [0.29, 0.717) is 0 Å². The van der Waals surface area contributed by atoms with Crippen LogP contribution >= 0.6 is 22.7 Å². The molecule has 7 heterocycles. The van der Waals surface area contributed by atoms with Crippen LogP contribution in [0.25, 0.3) is 167 Å². The number of hydrogen-bond donors (Lipinski definition) is 0. The molecule has 18 rings (SSSR count). The van der Waals surface area contributed by atoms with E-state index < -0.39 is 0 Å². The van der Waals surface area contributed by atoms with Crippen molar-refractivity contribution in [3.63, 3.8) is 0 Å². The van der Waals surface area contributed by atoms with Gasteiger partial charge in [0.2, 0.25) is 0 Å². The molecule has 18 aromatic rings. The van der Waals surface area contributed by atoms with E-state index in [1.165, 1.54) is 84.0 Å². The molecule has 0 saturated heterocycles. The third-order valence-corrected chi connectivity index (χ3v) is 18.2. The van der Waals surface area contributed by atoms with E-state index in [9.17, 15) is 0 Å². The van der Waals surface area contributed by atoms with E-state index >= 15 is 0 Å². The van der Waals surface area contributed by atoms with Gasteiger partial charge in [-0.25, -0.2) is 0 Å². The summed E-state index contributed by atoms with van der Waals surface area (Å²) in [5, 5.41) is 16.9. The van der Waals surface area contributed by atoms with E-state index in [-0.39, 0.29) is 0 Å². The molecule has 0 unspecified atom stereocenters. The highest BCUT2D eigenvalue weighted by Crippen LogP contribution is 2.48. The highest BCUT2D eigenvalue weighted by Gasteiger charge is 2.24. The molecule has 0 radical (unpaired) electrons. The third kappa shape index (κ3) is 5.00. The lowest BCUT2D eigenvalue weighted by molar-refractivity contribution is 0.669. The second kappa shape index (κ2) is 13.8. The number of rotatable bonds is 3. The zero-order valence-electron chi connectivity index (χ0n) is 38.7. The fraction of sp³-hybridized carbons (Fsp3) is 0. The van der Waals surface area contributed by atoms with Crippen LogP contribution in [0.1, 0.15) is 0 Å². The molecular formula is C66H35N3O2S2. The SMILES string of the molecule is c1ccc2c(c1)oc1ccc(-n3c4ccc(-n5c6ccccc6c6c7sc8ccccc8c7ccc65)cc4c4c5oc6ccc(-n7c8ccccc8c8c9sc%10ccccc%10c9ccc87)cc6c5ccc43)cc12. The van der Waals surface area contributed by atoms with E-state index in [4.69, 9.17) is 8.83 Å². The van der Waals surface area contributed by atoms with Gasteiger partial charge in [0.1, 0.15) is 22.3 Å².